The molecule has 2 heterocycles. The molecule has 10 atom stereocenters. The first-order chi connectivity index (χ1) is 17.0. The quantitative estimate of drug-likeness (QED) is 0.236. The van der Waals surface area contributed by atoms with E-state index in [9.17, 15) is 29.4 Å². The molecule has 0 unspecified atom stereocenters. The average molecular weight is 525 g/mol. The van der Waals surface area contributed by atoms with E-state index in [-0.39, 0.29) is 12.8 Å². The van der Waals surface area contributed by atoms with Crippen LogP contribution in [0.15, 0.2) is 11.6 Å². The normalized spacial score (nSPS) is 48.1. The van der Waals surface area contributed by atoms with Crippen molar-refractivity contribution in [3.8, 4) is 0 Å². The van der Waals surface area contributed by atoms with Crippen molar-refractivity contribution in [3.05, 3.63) is 11.6 Å². The maximum Gasteiger partial charge on any atom is 0.342 e. The predicted octanol–water partition coefficient (Wildman–Crippen LogP) is 1.11. The van der Waals surface area contributed by atoms with Gasteiger partial charge in [-0.15, -0.1) is 0 Å². The van der Waals surface area contributed by atoms with Gasteiger partial charge in [0.2, 0.25) is 0 Å². The van der Waals surface area contributed by atoms with Crippen LogP contribution in [0, 0.1) is 11.3 Å². The number of ether oxygens (including phenoxy) is 5. The number of fused-ring (bicyclic) bond motifs is 1. The standard InChI is InChI=1S/C26H36O11/c1-12-8-9-16(33-13(2)27)23(5)17(34-14(3)28)11-18(35-15(4)29)24(6,32)20(23)21(30)26-19(10-12)36-22(31)25(26,7)37-26/h10,16-21,30,32H,8-9,11H2,1-7H3/b12-10-/t16-,17-,18-,19-,20+,21-,23-,24-,25-,26-/m0/s1. The van der Waals surface area contributed by atoms with Gasteiger partial charge in [0.05, 0.1) is 11.5 Å². The van der Waals surface area contributed by atoms with Crippen LogP contribution in [0.2, 0.25) is 0 Å². The van der Waals surface area contributed by atoms with Crippen molar-refractivity contribution in [1.82, 2.24) is 0 Å². The average Bonchev–Trinajstić information content (AvgIpc) is 3.35. The van der Waals surface area contributed by atoms with E-state index in [2.05, 4.69) is 0 Å². The van der Waals surface area contributed by atoms with Gasteiger partial charge in [-0.2, -0.15) is 0 Å². The van der Waals surface area contributed by atoms with Crippen molar-refractivity contribution in [2.75, 3.05) is 0 Å². The molecule has 1 spiro atoms. The number of esters is 4. The Hall–Kier alpha value is -2.50. The molecule has 2 N–H and O–H groups in total. The van der Waals surface area contributed by atoms with Crippen LogP contribution in [0.5, 0.6) is 0 Å². The minimum absolute atomic E-state index is 0.109. The van der Waals surface area contributed by atoms with E-state index in [0.29, 0.717) is 6.42 Å². The summed E-state index contributed by atoms with van der Waals surface area (Å²) in [6.45, 7) is 10.1. The fourth-order valence-electron chi connectivity index (χ4n) is 7.00. The monoisotopic (exact) mass is 524 g/mol. The third kappa shape index (κ3) is 3.97. The van der Waals surface area contributed by atoms with Crippen LogP contribution < -0.4 is 0 Å². The van der Waals surface area contributed by atoms with Crippen molar-refractivity contribution in [2.45, 2.75) is 115 Å². The highest BCUT2D eigenvalue weighted by Gasteiger charge is 2.87. The lowest BCUT2D eigenvalue weighted by molar-refractivity contribution is -0.274. The molecule has 0 aromatic heterocycles. The molecule has 4 aliphatic rings. The maximum atomic E-state index is 12.8. The second-order valence-corrected chi connectivity index (χ2v) is 11.4. The Morgan fingerprint density at radius 3 is 2.05 bits per heavy atom. The van der Waals surface area contributed by atoms with Crippen LogP contribution in [-0.2, 0) is 42.9 Å². The summed E-state index contributed by atoms with van der Waals surface area (Å²) in [6, 6.07) is 0. The molecule has 0 aromatic carbocycles. The highest BCUT2D eigenvalue weighted by molar-refractivity contribution is 5.89. The molecule has 0 bridgehead atoms. The maximum absolute atomic E-state index is 12.8. The number of carbonyl (C=O) groups is 4. The summed E-state index contributed by atoms with van der Waals surface area (Å²) in [7, 11) is 0. The summed E-state index contributed by atoms with van der Waals surface area (Å²) in [4.78, 5) is 49.3. The molecular weight excluding hydrogens is 488 g/mol. The summed E-state index contributed by atoms with van der Waals surface area (Å²) < 4.78 is 28.6. The van der Waals surface area contributed by atoms with E-state index in [1.807, 2.05) is 6.92 Å². The van der Waals surface area contributed by atoms with Gasteiger partial charge in [0, 0.05) is 33.1 Å². The third-order valence-corrected chi connectivity index (χ3v) is 8.81. The van der Waals surface area contributed by atoms with Gasteiger partial charge in [0.25, 0.3) is 0 Å². The Bertz CT molecular complexity index is 1050. The van der Waals surface area contributed by atoms with Gasteiger partial charge in [-0.3, -0.25) is 14.4 Å². The van der Waals surface area contributed by atoms with Gasteiger partial charge < -0.3 is 33.9 Å². The third-order valence-electron chi connectivity index (χ3n) is 8.81. The minimum Gasteiger partial charge on any atom is -0.462 e. The van der Waals surface area contributed by atoms with Crippen LogP contribution in [0.4, 0.5) is 0 Å². The zero-order valence-electron chi connectivity index (χ0n) is 22.2. The Morgan fingerprint density at radius 1 is 0.973 bits per heavy atom. The van der Waals surface area contributed by atoms with E-state index in [0.717, 1.165) is 5.57 Å². The van der Waals surface area contributed by atoms with Crippen molar-refractivity contribution in [1.29, 1.82) is 0 Å². The van der Waals surface area contributed by atoms with Gasteiger partial charge in [0.1, 0.15) is 23.9 Å². The van der Waals surface area contributed by atoms with E-state index >= 15 is 0 Å². The van der Waals surface area contributed by atoms with Gasteiger partial charge in [-0.05, 0) is 39.7 Å². The number of rotatable bonds is 3. The molecule has 206 valence electrons. The van der Waals surface area contributed by atoms with Crippen molar-refractivity contribution in [3.63, 3.8) is 0 Å². The van der Waals surface area contributed by atoms with Gasteiger partial charge in [-0.1, -0.05) is 12.5 Å². The predicted molar refractivity (Wildman–Crippen MR) is 125 cm³/mol. The van der Waals surface area contributed by atoms with Gasteiger partial charge in [-0.25, -0.2) is 4.79 Å². The topological polar surface area (TPSA) is 158 Å². The lowest BCUT2D eigenvalue weighted by atomic mass is 9.51. The van der Waals surface area contributed by atoms with Crippen molar-refractivity contribution < 1.29 is 53.1 Å². The minimum atomic E-state index is -1.93. The van der Waals surface area contributed by atoms with E-state index in [4.69, 9.17) is 23.7 Å². The lowest BCUT2D eigenvalue weighted by Gasteiger charge is -2.59. The Kier molecular flexibility index (Phi) is 6.53. The zero-order chi connectivity index (χ0) is 27.7. The van der Waals surface area contributed by atoms with Gasteiger partial charge >= 0.3 is 23.9 Å². The number of aliphatic hydroxyl groups excluding tert-OH is 1. The number of hydrogen-bond acceptors (Lipinski definition) is 11. The number of hydrogen-bond donors (Lipinski definition) is 2. The van der Waals surface area contributed by atoms with Crippen molar-refractivity contribution >= 4 is 23.9 Å². The molecule has 11 nitrogen and oxygen atoms in total. The summed E-state index contributed by atoms with van der Waals surface area (Å²) in [5.41, 5.74) is -5.57. The largest absolute Gasteiger partial charge is 0.462 e. The summed E-state index contributed by atoms with van der Waals surface area (Å²) in [6.07, 6.45) is -3.44. The SMILES string of the molecule is CC(=O)O[C@H]1C[C@H](OC(C)=O)[C@]2(C)[C@@H](OC(C)=O)CC/C(C)=C\[C@@H]3OC(=O)[C@]4(C)O[C@]34[C@@H](O)[C@H]2[C@@]1(C)O. The van der Waals surface area contributed by atoms with Crippen LogP contribution in [0.25, 0.3) is 0 Å². The van der Waals surface area contributed by atoms with E-state index < -0.39 is 82.5 Å². The fraction of sp³-hybridized carbons (Fsp3) is 0.769. The Balaban J connectivity index is 1.97. The number of epoxide rings is 1. The highest BCUT2D eigenvalue weighted by atomic mass is 16.7. The summed E-state index contributed by atoms with van der Waals surface area (Å²) in [5.74, 6) is -3.83. The summed E-state index contributed by atoms with van der Waals surface area (Å²) >= 11 is 0. The Morgan fingerprint density at radius 2 is 1.51 bits per heavy atom. The first-order valence-electron chi connectivity index (χ1n) is 12.5. The van der Waals surface area contributed by atoms with Crippen molar-refractivity contribution in [2.24, 2.45) is 11.3 Å². The number of carbonyl (C=O) groups excluding carboxylic acids is 4. The van der Waals surface area contributed by atoms with Gasteiger partial charge in [0.15, 0.2) is 17.3 Å². The molecule has 0 aromatic rings. The highest BCUT2D eigenvalue weighted by Crippen LogP contribution is 2.65. The second kappa shape index (κ2) is 8.78. The van der Waals surface area contributed by atoms with E-state index in [1.165, 1.54) is 34.6 Å². The molecule has 0 radical (unpaired) electrons. The molecule has 4 rings (SSSR count). The van der Waals surface area contributed by atoms with Crippen LogP contribution >= 0.6 is 0 Å². The molecule has 37 heavy (non-hydrogen) atoms. The lowest BCUT2D eigenvalue weighted by Crippen LogP contribution is -2.72. The summed E-state index contributed by atoms with van der Waals surface area (Å²) in [5, 5.41) is 24.2. The molecule has 11 heteroatoms. The van der Waals surface area contributed by atoms with Crippen LogP contribution in [0.3, 0.4) is 0 Å². The molecule has 2 aliphatic heterocycles. The van der Waals surface area contributed by atoms with Crippen LogP contribution in [-0.4, -0.2) is 81.4 Å². The van der Waals surface area contributed by atoms with Crippen LogP contribution in [0.1, 0.15) is 67.7 Å². The molecule has 1 saturated carbocycles. The molecular formula is C26H36O11. The first kappa shape index (κ1) is 27.5. The second-order valence-electron chi connectivity index (χ2n) is 11.4. The van der Waals surface area contributed by atoms with E-state index in [1.54, 1.807) is 13.0 Å². The fourth-order valence-corrected chi connectivity index (χ4v) is 7.00. The zero-order valence-corrected chi connectivity index (χ0v) is 22.2. The molecule has 3 fully saturated rings. The Labute approximate surface area is 215 Å². The number of allylic oxidation sites excluding steroid dienone is 1. The molecule has 2 aliphatic carbocycles. The number of aliphatic hydroxyl groups is 2. The molecule has 2 saturated heterocycles. The molecule has 0 amide bonds. The first-order valence-corrected chi connectivity index (χ1v) is 12.5. The smallest absolute Gasteiger partial charge is 0.342 e.